The predicted molar refractivity (Wildman–Crippen MR) is 105 cm³/mol. The summed E-state index contributed by atoms with van der Waals surface area (Å²) < 4.78 is 18.3. The first-order valence-electron chi connectivity index (χ1n) is 10.2. The van der Waals surface area contributed by atoms with E-state index in [2.05, 4.69) is 5.32 Å². The van der Waals surface area contributed by atoms with Gasteiger partial charge in [-0.1, -0.05) is 0 Å². The maximum absolute atomic E-state index is 12.9. The molecule has 0 spiro atoms. The molecule has 2 aromatic heterocycles. The molecule has 7 heteroatoms. The first-order chi connectivity index (χ1) is 13.7. The van der Waals surface area contributed by atoms with Gasteiger partial charge in [-0.15, -0.1) is 0 Å². The van der Waals surface area contributed by atoms with Crippen LogP contribution in [0.15, 0.2) is 18.5 Å². The van der Waals surface area contributed by atoms with Crippen LogP contribution in [0.2, 0.25) is 0 Å². The number of hydrogen-bond donors (Lipinski definition) is 1. The Labute approximate surface area is 165 Å². The Morgan fingerprint density at radius 1 is 1.14 bits per heavy atom. The molecule has 2 aromatic rings. The van der Waals surface area contributed by atoms with Gasteiger partial charge in [0.2, 0.25) is 0 Å². The molecule has 1 saturated carbocycles. The van der Waals surface area contributed by atoms with E-state index < -0.39 is 0 Å². The van der Waals surface area contributed by atoms with Gasteiger partial charge < -0.3 is 23.9 Å². The van der Waals surface area contributed by atoms with Crippen LogP contribution in [0, 0.1) is 0 Å². The maximum atomic E-state index is 12.9. The molecule has 1 N–H and O–H groups in total. The normalized spacial score (nSPS) is 23.6. The summed E-state index contributed by atoms with van der Waals surface area (Å²) in [4.78, 5) is 17.7. The van der Waals surface area contributed by atoms with Gasteiger partial charge in [-0.2, -0.15) is 0 Å². The molecule has 4 rings (SSSR count). The lowest BCUT2D eigenvalue weighted by molar-refractivity contribution is 0.0598. The molecule has 28 heavy (non-hydrogen) atoms. The lowest BCUT2D eigenvalue weighted by atomic mass is 9.93. The first kappa shape index (κ1) is 19.2. The number of hydrogen-bond acceptors (Lipinski definition) is 5. The third kappa shape index (κ3) is 4.00. The van der Waals surface area contributed by atoms with Crippen LogP contribution in [0.25, 0.3) is 5.65 Å². The minimum absolute atomic E-state index is 0.0964. The molecule has 1 saturated heterocycles. The predicted octanol–water partition coefficient (Wildman–Crippen LogP) is 2.92. The van der Waals surface area contributed by atoms with E-state index in [0.29, 0.717) is 23.3 Å². The summed E-state index contributed by atoms with van der Waals surface area (Å²) >= 11 is 0. The van der Waals surface area contributed by atoms with Crippen molar-refractivity contribution in [3.63, 3.8) is 0 Å². The van der Waals surface area contributed by atoms with Crippen molar-refractivity contribution in [1.29, 1.82) is 0 Å². The highest BCUT2D eigenvalue weighted by molar-refractivity contribution is 5.97. The Hall–Kier alpha value is -2.12. The zero-order valence-electron chi connectivity index (χ0n) is 16.6. The molecule has 0 aromatic carbocycles. The Bertz CT molecular complexity index is 820. The van der Waals surface area contributed by atoms with E-state index in [1.165, 1.54) is 0 Å². The summed E-state index contributed by atoms with van der Waals surface area (Å²) in [6.07, 6.45) is 9.99. The third-order valence-corrected chi connectivity index (χ3v) is 6.02. The number of imidazole rings is 1. The Morgan fingerprint density at radius 2 is 1.89 bits per heavy atom. The molecule has 0 bridgehead atoms. The Kier molecular flexibility index (Phi) is 5.82. The number of carbonyl (C=O) groups excluding carboxylic acids is 1. The van der Waals surface area contributed by atoms with Crippen molar-refractivity contribution in [1.82, 2.24) is 14.7 Å². The van der Waals surface area contributed by atoms with Crippen molar-refractivity contribution >= 4 is 11.6 Å². The van der Waals surface area contributed by atoms with Crippen LogP contribution in [0.5, 0.6) is 5.75 Å². The number of aromatic nitrogens is 2. The van der Waals surface area contributed by atoms with E-state index in [4.69, 9.17) is 19.2 Å². The van der Waals surface area contributed by atoms with Crippen molar-refractivity contribution in [2.24, 2.45) is 0 Å². The molecule has 152 valence electrons. The smallest absolute Gasteiger partial charge is 0.256 e. The van der Waals surface area contributed by atoms with Crippen LogP contribution < -0.4 is 10.1 Å². The monoisotopic (exact) mass is 387 g/mol. The maximum Gasteiger partial charge on any atom is 0.256 e. The van der Waals surface area contributed by atoms with Crippen LogP contribution in [0.4, 0.5) is 0 Å². The van der Waals surface area contributed by atoms with Gasteiger partial charge >= 0.3 is 0 Å². The molecule has 0 unspecified atom stereocenters. The molecule has 1 aliphatic heterocycles. The number of carbonyl (C=O) groups is 1. The van der Waals surface area contributed by atoms with Crippen molar-refractivity contribution in [3.05, 3.63) is 29.7 Å². The summed E-state index contributed by atoms with van der Waals surface area (Å²) in [5.41, 5.74) is 2.40. The van der Waals surface area contributed by atoms with Gasteiger partial charge in [0.05, 0.1) is 24.5 Å². The van der Waals surface area contributed by atoms with E-state index in [9.17, 15) is 4.79 Å². The van der Waals surface area contributed by atoms with Gasteiger partial charge in [-0.05, 0) is 38.5 Å². The molecule has 0 radical (unpaired) electrons. The van der Waals surface area contributed by atoms with E-state index in [1.807, 2.05) is 22.9 Å². The molecule has 2 aliphatic rings. The van der Waals surface area contributed by atoms with Crippen molar-refractivity contribution in [2.45, 2.75) is 56.6 Å². The highest BCUT2D eigenvalue weighted by Gasteiger charge is 2.25. The van der Waals surface area contributed by atoms with Crippen LogP contribution in [0.3, 0.4) is 0 Å². The standard InChI is InChI=1S/C21H29N3O4/c1-26-16-5-3-15(4-6-16)22-21(25)17-12-24-13-18(14-7-9-28-10-8-14)23-20(24)11-19(17)27-2/h11-16H,3-10H2,1-2H3,(H,22,25). The summed E-state index contributed by atoms with van der Waals surface area (Å²) in [5, 5.41) is 3.16. The largest absolute Gasteiger partial charge is 0.496 e. The Morgan fingerprint density at radius 3 is 2.57 bits per heavy atom. The summed E-state index contributed by atoms with van der Waals surface area (Å²) in [5.74, 6) is 0.869. The number of nitrogens with zero attached hydrogens (tertiary/aromatic N) is 2. The molecule has 2 fully saturated rings. The lowest BCUT2D eigenvalue weighted by Crippen LogP contribution is -2.39. The molecular weight excluding hydrogens is 358 g/mol. The van der Waals surface area contributed by atoms with Gasteiger partial charge in [0, 0.05) is 50.7 Å². The third-order valence-electron chi connectivity index (χ3n) is 6.02. The van der Waals surface area contributed by atoms with Crippen molar-refractivity contribution < 1.29 is 19.0 Å². The minimum atomic E-state index is -0.0964. The van der Waals surface area contributed by atoms with Crippen LogP contribution in [-0.4, -0.2) is 54.9 Å². The molecular formula is C21H29N3O4. The number of methoxy groups -OCH3 is 2. The van der Waals surface area contributed by atoms with Crippen molar-refractivity contribution in [2.75, 3.05) is 27.4 Å². The zero-order valence-corrected chi connectivity index (χ0v) is 16.6. The minimum Gasteiger partial charge on any atom is -0.496 e. The quantitative estimate of drug-likeness (QED) is 0.854. The topological polar surface area (TPSA) is 74.1 Å². The number of rotatable bonds is 5. The molecule has 3 heterocycles. The number of pyridine rings is 1. The number of amides is 1. The molecule has 1 amide bonds. The summed E-state index contributed by atoms with van der Waals surface area (Å²) in [7, 11) is 3.35. The zero-order chi connectivity index (χ0) is 19.5. The fourth-order valence-electron chi connectivity index (χ4n) is 4.27. The van der Waals surface area contributed by atoms with Gasteiger partial charge in [0.25, 0.3) is 5.91 Å². The Balaban J connectivity index is 1.53. The van der Waals surface area contributed by atoms with Gasteiger partial charge in [-0.25, -0.2) is 4.98 Å². The van der Waals surface area contributed by atoms with Crippen LogP contribution >= 0.6 is 0 Å². The van der Waals surface area contributed by atoms with Crippen molar-refractivity contribution in [3.8, 4) is 5.75 Å². The highest BCUT2D eigenvalue weighted by atomic mass is 16.5. The average Bonchev–Trinajstić information content (AvgIpc) is 3.17. The fraction of sp³-hybridized carbons (Fsp3) is 0.619. The van der Waals surface area contributed by atoms with Gasteiger partial charge in [0.15, 0.2) is 0 Å². The number of nitrogens with one attached hydrogen (secondary N) is 1. The van der Waals surface area contributed by atoms with Gasteiger partial charge in [-0.3, -0.25) is 4.79 Å². The molecule has 1 aliphatic carbocycles. The number of fused-ring (bicyclic) bond motifs is 1. The van der Waals surface area contributed by atoms with Crippen LogP contribution in [-0.2, 0) is 9.47 Å². The summed E-state index contributed by atoms with van der Waals surface area (Å²) in [6.45, 7) is 1.56. The lowest BCUT2D eigenvalue weighted by Gasteiger charge is -2.28. The second-order valence-electron chi connectivity index (χ2n) is 7.76. The fourth-order valence-corrected chi connectivity index (χ4v) is 4.27. The van der Waals surface area contributed by atoms with E-state index in [1.54, 1.807) is 14.2 Å². The average molecular weight is 387 g/mol. The van der Waals surface area contributed by atoms with E-state index in [0.717, 1.165) is 63.1 Å². The summed E-state index contributed by atoms with van der Waals surface area (Å²) in [6, 6.07) is 2.03. The second-order valence-corrected chi connectivity index (χ2v) is 7.76. The second kappa shape index (κ2) is 8.49. The van der Waals surface area contributed by atoms with Crippen LogP contribution in [0.1, 0.15) is 60.5 Å². The molecule has 7 nitrogen and oxygen atoms in total. The first-order valence-corrected chi connectivity index (χ1v) is 10.2. The van der Waals surface area contributed by atoms with E-state index >= 15 is 0 Å². The van der Waals surface area contributed by atoms with Gasteiger partial charge in [0.1, 0.15) is 11.4 Å². The molecule has 0 atom stereocenters. The van der Waals surface area contributed by atoms with E-state index in [-0.39, 0.29) is 11.9 Å². The highest BCUT2D eigenvalue weighted by Crippen LogP contribution is 2.29. The SMILES string of the molecule is COc1cc2nc(C3CCOCC3)cn2cc1C(=O)NC1CCC(OC)CC1. The number of ether oxygens (including phenoxy) is 3.